The molecule has 0 radical (unpaired) electrons. The fraction of sp³-hybridized carbons (Fsp3) is 0.545. The molecule has 0 atom stereocenters. The maximum Gasteiger partial charge on any atom is 0.323 e. The van der Waals surface area contributed by atoms with E-state index in [0.29, 0.717) is 12.4 Å². The van der Waals surface area contributed by atoms with Gasteiger partial charge in [-0.3, -0.25) is 14.8 Å². The molecular formula is C11H18N4O3. The van der Waals surface area contributed by atoms with Crippen LogP contribution in [0.3, 0.4) is 0 Å². The molecule has 1 rings (SSSR count). The number of aliphatic carboxylic acids is 1. The molecule has 2 N–H and O–H groups in total. The van der Waals surface area contributed by atoms with E-state index in [4.69, 9.17) is 5.11 Å². The van der Waals surface area contributed by atoms with E-state index >= 15 is 0 Å². The monoisotopic (exact) mass is 254 g/mol. The van der Waals surface area contributed by atoms with Crippen LogP contribution in [0.25, 0.3) is 0 Å². The number of nitrogens with zero attached hydrogens (tertiary/aromatic N) is 3. The fourth-order valence-corrected chi connectivity index (χ4v) is 1.49. The van der Waals surface area contributed by atoms with Gasteiger partial charge in [0.15, 0.2) is 5.82 Å². The van der Waals surface area contributed by atoms with Crippen LogP contribution in [0.5, 0.6) is 0 Å². The molecule has 2 amide bonds. The molecule has 0 unspecified atom stereocenters. The quantitative estimate of drug-likeness (QED) is 0.820. The van der Waals surface area contributed by atoms with Crippen LogP contribution in [0.2, 0.25) is 0 Å². The minimum Gasteiger partial charge on any atom is -0.480 e. The Hall–Kier alpha value is -2.05. The summed E-state index contributed by atoms with van der Waals surface area (Å²) in [6, 6.07) is 1.19. The molecule has 0 fully saturated rings. The molecule has 0 aliphatic carbocycles. The van der Waals surface area contributed by atoms with Crippen molar-refractivity contribution in [3.8, 4) is 0 Å². The van der Waals surface area contributed by atoms with Crippen molar-refractivity contribution in [1.29, 1.82) is 0 Å². The van der Waals surface area contributed by atoms with E-state index in [1.165, 1.54) is 4.90 Å². The normalized spacial score (nSPS) is 10.4. The molecule has 0 saturated heterocycles. The number of amides is 2. The largest absolute Gasteiger partial charge is 0.480 e. The third kappa shape index (κ3) is 4.44. The number of carboxylic acid groups (broad SMARTS) is 1. The predicted molar refractivity (Wildman–Crippen MR) is 66.3 cm³/mol. The lowest BCUT2D eigenvalue weighted by molar-refractivity contribution is -0.137. The molecular weight excluding hydrogens is 236 g/mol. The molecule has 7 heteroatoms. The zero-order valence-electron chi connectivity index (χ0n) is 10.8. The number of aromatic nitrogens is 2. The molecule has 0 bridgehead atoms. The summed E-state index contributed by atoms with van der Waals surface area (Å²) in [7, 11) is 1.73. The first-order valence-electron chi connectivity index (χ1n) is 5.66. The van der Waals surface area contributed by atoms with Crippen LogP contribution in [0.1, 0.15) is 13.8 Å². The Labute approximate surface area is 105 Å². The maximum atomic E-state index is 11.9. The fourth-order valence-electron chi connectivity index (χ4n) is 1.49. The first kappa shape index (κ1) is 14.0. The van der Waals surface area contributed by atoms with Crippen LogP contribution in [0, 0.1) is 5.92 Å². The second kappa shape index (κ2) is 6.04. The van der Waals surface area contributed by atoms with E-state index < -0.39 is 12.0 Å². The van der Waals surface area contributed by atoms with E-state index in [1.807, 2.05) is 13.8 Å². The molecule has 100 valence electrons. The zero-order valence-corrected chi connectivity index (χ0v) is 10.8. The summed E-state index contributed by atoms with van der Waals surface area (Å²) in [6.45, 7) is 3.90. The zero-order chi connectivity index (χ0) is 13.7. The smallest absolute Gasteiger partial charge is 0.323 e. The maximum absolute atomic E-state index is 11.9. The minimum atomic E-state index is -1.04. The van der Waals surface area contributed by atoms with Crippen molar-refractivity contribution < 1.29 is 14.7 Å². The second-order valence-electron chi connectivity index (χ2n) is 4.47. The van der Waals surface area contributed by atoms with Crippen molar-refractivity contribution in [3.05, 3.63) is 12.3 Å². The van der Waals surface area contributed by atoms with Gasteiger partial charge < -0.3 is 10.0 Å². The first-order chi connectivity index (χ1) is 8.38. The molecule has 18 heavy (non-hydrogen) atoms. The topological polar surface area (TPSA) is 87.5 Å². The summed E-state index contributed by atoms with van der Waals surface area (Å²) >= 11 is 0. The third-order valence-electron chi connectivity index (χ3n) is 2.15. The van der Waals surface area contributed by atoms with Crippen LogP contribution in [0.15, 0.2) is 12.3 Å². The summed E-state index contributed by atoms with van der Waals surface area (Å²) in [6.07, 6.45) is 1.69. The van der Waals surface area contributed by atoms with Gasteiger partial charge in [-0.1, -0.05) is 13.8 Å². The number of carboxylic acids is 1. The van der Waals surface area contributed by atoms with Gasteiger partial charge in [-0.05, 0) is 5.92 Å². The first-order valence-corrected chi connectivity index (χ1v) is 5.66. The number of rotatable bonds is 5. The van der Waals surface area contributed by atoms with Gasteiger partial charge in [-0.15, -0.1) is 0 Å². The summed E-state index contributed by atoms with van der Waals surface area (Å²) in [5.74, 6) is -0.438. The van der Waals surface area contributed by atoms with Gasteiger partial charge in [0.25, 0.3) is 0 Å². The van der Waals surface area contributed by atoms with Crippen LogP contribution >= 0.6 is 0 Å². The second-order valence-corrected chi connectivity index (χ2v) is 4.47. The van der Waals surface area contributed by atoms with Crippen LogP contribution in [-0.4, -0.2) is 44.9 Å². The van der Waals surface area contributed by atoms with Crippen molar-refractivity contribution in [2.45, 2.75) is 13.8 Å². The molecule has 0 aliphatic rings. The lowest BCUT2D eigenvalue weighted by Crippen LogP contribution is -2.41. The summed E-state index contributed by atoms with van der Waals surface area (Å²) in [4.78, 5) is 23.9. The van der Waals surface area contributed by atoms with Crippen molar-refractivity contribution >= 4 is 17.8 Å². The van der Waals surface area contributed by atoms with Gasteiger partial charge in [0.05, 0.1) is 0 Å². The van der Waals surface area contributed by atoms with Gasteiger partial charge in [-0.25, -0.2) is 4.79 Å². The number of hydrogen-bond acceptors (Lipinski definition) is 3. The molecule has 0 saturated carbocycles. The number of aryl methyl sites for hydroxylation is 1. The Morgan fingerprint density at radius 3 is 2.67 bits per heavy atom. The Kier molecular flexibility index (Phi) is 4.70. The SMILES string of the molecule is CC(C)CN(CC(=O)O)C(=O)Nc1ccn(C)n1. The standard InChI is InChI=1S/C11H18N4O3/c1-8(2)6-15(7-10(16)17)11(18)12-9-4-5-14(3)13-9/h4-5,8H,6-7H2,1-3H3,(H,16,17)(H,12,13,18). The molecule has 1 aromatic rings. The number of carbonyl (C=O) groups excluding carboxylic acids is 1. The Balaban J connectivity index is 2.66. The highest BCUT2D eigenvalue weighted by molar-refractivity contribution is 5.90. The Morgan fingerprint density at radius 1 is 1.56 bits per heavy atom. The highest BCUT2D eigenvalue weighted by Gasteiger charge is 2.18. The molecule has 0 spiro atoms. The lowest BCUT2D eigenvalue weighted by Gasteiger charge is -2.22. The molecule has 0 aromatic carbocycles. The van der Waals surface area contributed by atoms with Gasteiger partial charge in [0.2, 0.25) is 0 Å². The molecule has 1 heterocycles. The average Bonchev–Trinajstić information content (AvgIpc) is 2.61. The van der Waals surface area contributed by atoms with Gasteiger partial charge in [0.1, 0.15) is 6.54 Å². The highest BCUT2D eigenvalue weighted by Crippen LogP contribution is 2.05. The predicted octanol–water partition coefficient (Wildman–Crippen LogP) is 0.995. The Morgan fingerprint density at radius 2 is 2.22 bits per heavy atom. The lowest BCUT2D eigenvalue weighted by atomic mass is 10.2. The van der Waals surface area contributed by atoms with E-state index in [-0.39, 0.29) is 12.5 Å². The summed E-state index contributed by atoms with van der Waals surface area (Å²) < 4.78 is 1.56. The van der Waals surface area contributed by atoms with E-state index in [0.717, 1.165) is 0 Å². The number of carbonyl (C=O) groups is 2. The van der Waals surface area contributed by atoms with Gasteiger partial charge in [0, 0.05) is 25.9 Å². The van der Waals surface area contributed by atoms with Crippen molar-refractivity contribution in [3.63, 3.8) is 0 Å². The molecule has 1 aromatic heterocycles. The minimum absolute atomic E-state index is 0.193. The van der Waals surface area contributed by atoms with E-state index in [1.54, 1.807) is 24.0 Å². The summed E-state index contributed by atoms with van der Waals surface area (Å²) in [5, 5.41) is 15.3. The Bertz CT molecular complexity index is 428. The van der Waals surface area contributed by atoms with Crippen molar-refractivity contribution in [1.82, 2.24) is 14.7 Å². The van der Waals surface area contributed by atoms with E-state index in [2.05, 4.69) is 10.4 Å². The third-order valence-corrected chi connectivity index (χ3v) is 2.15. The number of anilines is 1. The number of hydrogen-bond donors (Lipinski definition) is 2. The average molecular weight is 254 g/mol. The van der Waals surface area contributed by atoms with E-state index in [9.17, 15) is 9.59 Å². The van der Waals surface area contributed by atoms with Gasteiger partial charge >= 0.3 is 12.0 Å². The van der Waals surface area contributed by atoms with Crippen molar-refractivity contribution in [2.75, 3.05) is 18.4 Å². The van der Waals surface area contributed by atoms with Crippen molar-refractivity contribution in [2.24, 2.45) is 13.0 Å². The summed E-state index contributed by atoms with van der Waals surface area (Å²) in [5.41, 5.74) is 0. The van der Waals surface area contributed by atoms with Crippen LogP contribution < -0.4 is 5.32 Å². The van der Waals surface area contributed by atoms with Crippen LogP contribution in [0.4, 0.5) is 10.6 Å². The number of nitrogens with one attached hydrogen (secondary N) is 1. The highest BCUT2D eigenvalue weighted by atomic mass is 16.4. The molecule has 0 aliphatic heterocycles. The molecule has 7 nitrogen and oxygen atoms in total. The van der Waals surface area contributed by atoms with Gasteiger partial charge in [-0.2, -0.15) is 5.10 Å². The van der Waals surface area contributed by atoms with Crippen LogP contribution in [-0.2, 0) is 11.8 Å². The number of urea groups is 1.